The Morgan fingerprint density at radius 1 is 1.04 bits per heavy atom. The van der Waals surface area contributed by atoms with E-state index < -0.39 is 10.0 Å². The Bertz CT molecular complexity index is 898. The van der Waals surface area contributed by atoms with Gasteiger partial charge in [0.15, 0.2) is 0 Å². The number of nitrogens with zero attached hydrogens (tertiary/aromatic N) is 1. The standard InChI is InChI=1S/C21H24N2O3S/c1-17-7-9-18(10-8-17)13-16-27(25,26)23-14-11-19(12-15-23)21(24)22-20-5-3-2-4-6-20/h2-10,13,16,19H,11-12,14-15H2,1H3,(H,22,24)/b16-13+. The monoisotopic (exact) mass is 384 g/mol. The fourth-order valence-corrected chi connectivity index (χ4v) is 4.29. The molecule has 2 aromatic rings. The number of nitrogens with one attached hydrogen (secondary N) is 1. The summed E-state index contributed by atoms with van der Waals surface area (Å²) in [6, 6.07) is 17.0. The molecule has 3 rings (SSSR count). The van der Waals surface area contributed by atoms with Crippen molar-refractivity contribution >= 4 is 27.7 Å². The second-order valence-corrected chi connectivity index (χ2v) is 8.61. The fraction of sp³-hybridized carbons (Fsp3) is 0.286. The van der Waals surface area contributed by atoms with Crippen molar-refractivity contribution in [1.29, 1.82) is 0 Å². The van der Waals surface area contributed by atoms with Crippen molar-refractivity contribution in [2.45, 2.75) is 19.8 Å². The average Bonchev–Trinajstić information content (AvgIpc) is 2.68. The van der Waals surface area contributed by atoms with Crippen LogP contribution < -0.4 is 5.32 Å². The van der Waals surface area contributed by atoms with Gasteiger partial charge in [-0.1, -0.05) is 48.0 Å². The van der Waals surface area contributed by atoms with Crippen LogP contribution in [0.1, 0.15) is 24.0 Å². The molecule has 1 saturated heterocycles. The van der Waals surface area contributed by atoms with Crippen molar-refractivity contribution in [3.05, 3.63) is 71.1 Å². The molecule has 0 atom stereocenters. The molecule has 0 unspecified atom stereocenters. The molecule has 0 aliphatic carbocycles. The van der Waals surface area contributed by atoms with Crippen LogP contribution in [0.3, 0.4) is 0 Å². The number of rotatable bonds is 5. The van der Waals surface area contributed by atoms with Crippen molar-refractivity contribution in [3.63, 3.8) is 0 Å². The molecule has 1 amide bonds. The predicted octanol–water partition coefficient (Wildman–Crippen LogP) is 3.65. The number of aryl methyl sites for hydroxylation is 1. The molecule has 27 heavy (non-hydrogen) atoms. The van der Waals surface area contributed by atoms with Crippen LogP contribution in [0.25, 0.3) is 6.08 Å². The van der Waals surface area contributed by atoms with Gasteiger partial charge in [0, 0.05) is 30.1 Å². The first-order chi connectivity index (χ1) is 12.9. The number of para-hydroxylation sites is 1. The number of carbonyl (C=O) groups excluding carboxylic acids is 1. The van der Waals surface area contributed by atoms with Gasteiger partial charge >= 0.3 is 0 Å². The van der Waals surface area contributed by atoms with Gasteiger partial charge in [-0.05, 0) is 43.5 Å². The Labute approximate surface area is 160 Å². The molecule has 0 radical (unpaired) electrons. The highest BCUT2D eigenvalue weighted by Crippen LogP contribution is 2.22. The largest absolute Gasteiger partial charge is 0.326 e. The molecule has 142 valence electrons. The summed E-state index contributed by atoms with van der Waals surface area (Å²) < 4.78 is 26.5. The van der Waals surface area contributed by atoms with Crippen LogP contribution in [0, 0.1) is 12.8 Å². The first-order valence-corrected chi connectivity index (χ1v) is 10.6. The molecule has 1 heterocycles. The van der Waals surface area contributed by atoms with Crippen LogP contribution in [0.2, 0.25) is 0 Å². The third kappa shape index (κ3) is 5.28. The van der Waals surface area contributed by atoms with E-state index in [9.17, 15) is 13.2 Å². The van der Waals surface area contributed by atoms with Gasteiger partial charge in [-0.3, -0.25) is 4.79 Å². The highest BCUT2D eigenvalue weighted by Gasteiger charge is 2.29. The maximum absolute atomic E-state index is 12.5. The lowest BCUT2D eigenvalue weighted by Crippen LogP contribution is -2.40. The van der Waals surface area contributed by atoms with E-state index >= 15 is 0 Å². The van der Waals surface area contributed by atoms with Crippen LogP contribution in [0.5, 0.6) is 0 Å². The summed E-state index contributed by atoms with van der Waals surface area (Å²) in [6.45, 7) is 2.70. The van der Waals surface area contributed by atoms with Gasteiger partial charge in [0.2, 0.25) is 15.9 Å². The van der Waals surface area contributed by atoms with Crippen LogP contribution in [0.15, 0.2) is 60.0 Å². The Balaban J connectivity index is 1.56. The number of carbonyl (C=O) groups is 1. The summed E-state index contributed by atoms with van der Waals surface area (Å²) in [4.78, 5) is 12.4. The summed E-state index contributed by atoms with van der Waals surface area (Å²) in [7, 11) is -3.48. The lowest BCUT2D eigenvalue weighted by atomic mass is 9.97. The molecule has 1 N–H and O–H groups in total. The van der Waals surface area contributed by atoms with Crippen molar-refractivity contribution in [3.8, 4) is 0 Å². The minimum atomic E-state index is -3.48. The number of piperidine rings is 1. The highest BCUT2D eigenvalue weighted by atomic mass is 32.2. The zero-order valence-electron chi connectivity index (χ0n) is 15.3. The fourth-order valence-electron chi connectivity index (χ4n) is 3.07. The molecular formula is C21H24N2O3S. The summed E-state index contributed by atoms with van der Waals surface area (Å²) in [5, 5.41) is 4.15. The van der Waals surface area contributed by atoms with E-state index in [1.807, 2.05) is 61.5 Å². The Morgan fingerprint density at radius 2 is 1.67 bits per heavy atom. The number of sulfonamides is 1. The minimum Gasteiger partial charge on any atom is -0.326 e. The lowest BCUT2D eigenvalue weighted by Gasteiger charge is -2.29. The minimum absolute atomic E-state index is 0.0477. The number of hydrogen-bond donors (Lipinski definition) is 1. The molecule has 0 aromatic heterocycles. The molecule has 5 nitrogen and oxygen atoms in total. The normalized spacial score (nSPS) is 16.5. The van der Waals surface area contributed by atoms with Crippen LogP contribution in [-0.2, 0) is 14.8 Å². The number of benzene rings is 2. The molecule has 1 aliphatic rings. The molecule has 0 bridgehead atoms. The van der Waals surface area contributed by atoms with Gasteiger partial charge in [-0.15, -0.1) is 0 Å². The summed E-state index contributed by atoms with van der Waals surface area (Å²) in [5.41, 5.74) is 2.74. The van der Waals surface area contributed by atoms with Gasteiger partial charge in [0.05, 0.1) is 0 Å². The SMILES string of the molecule is Cc1ccc(/C=C/S(=O)(=O)N2CCC(C(=O)Nc3ccccc3)CC2)cc1. The molecule has 0 saturated carbocycles. The van der Waals surface area contributed by atoms with E-state index in [0.717, 1.165) is 16.8 Å². The third-order valence-electron chi connectivity index (χ3n) is 4.74. The highest BCUT2D eigenvalue weighted by molar-refractivity contribution is 7.92. The van der Waals surface area contributed by atoms with E-state index in [4.69, 9.17) is 0 Å². The Morgan fingerprint density at radius 3 is 2.30 bits per heavy atom. The van der Waals surface area contributed by atoms with Crippen LogP contribution in [0.4, 0.5) is 5.69 Å². The molecule has 2 aromatic carbocycles. The van der Waals surface area contributed by atoms with Gasteiger partial charge in [0.25, 0.3) is 0 Å². The number of anilines is 1. The smallest absolute Gasteiger partial charge is 0.236 e. The van der Waals surface area contributed by atoms with E-state index in [0.29, 0.717) is 25.9 Å². The van der Waals surface area contributed by atoms with E-state index in [-0.39, 0.29) is 11.8 Å². The van der Waals surface area contributed by atoms with Gasteiger partial charge < -0.3 is 5.32 Å². The molecule has 1 aliphatic heterocycles. The third-order valence-corrected chi connectivity index (χ3v) is 6.30. The maximum Gasteiger partial charge on any atom is 0.236 e. The van der Waals surface area contributed by atoms with Crippen LogP contribution >= 0.6 is 0 Å². The number of hydrogen-bond acceptors (Lipinski definition) is 3. The van der Waals surface area contributed by atoms with Gasteiger partial charge in [-0.2, -0.15) is 4.31 Å². The molecular weight excluding hydrogens is 360 g/mol. The average molecular weight is 385 g/mol. The Hall–Kier alpha value is -2.44. The molecule has 6 heteroatoms. The second kappa shape index (κ2) is 8.50. The molecule has 0 spiro atoms. The van der Waals surface area contributed by atoms with Crippen LogP contribution in [-0.4, -0.2) is 31.7 Å². The number of amides is 1. The Kier molecular flexibility index (Phi) is 6.08. The maximum atomic E-state index is 12.5. The summed E-state index contributed by atoms with van der Waals surface area (Å²) >= 11 is 0. The van der Waals surface area contributed by atoms with Crippen molar-refractivity contribution < 1.29 is 13.2 Å². The van der Waals surface area contributed by atoms with E-state index in [2.05, 4.69) is 5.32 Å². The predicted molar refractivity (Wildman–Crippen MR) is 109 cm³/mol. The zero-order chi connectivity index (χ0) is 19.3. The summed E-state index contributed by atoms with van der Waals surface area (Å²) in [6.07, 6.45) is 2.66. The molecule has 1 fully saturated rings. The quantitative estimate of drug-likeness (QED) is 0.856. The van der Waals surface area contributed by atoms with Gasteiger partial charge in [-0.25, -0.2) is 8.42 Å². The van der Waals surface area contributed by atoms with Gasteiger partial charge in [0.1, 0.15) is 0 Å². The lowest BCUT2D eigenvalue weighted by molar-refractivity contribution is -0.120. The van der Waals surface area contributed by atoms with E-state index in [1.54, 1.807) is 6.08 Å². The first kappa shape index (κ1) is 19.3. The second-order valence-electron chi connectivity index (χ2n) is 6.79. The van der Waals surface area contributed by atoms with Crippen molar-refractivity contribution in [2.24, 2.45) is 5.92 Å². The zero-order valence-corrected chi connectivity index (χ0v) is 16.2. The van der Waals surface area contributed by atoms with Crippen molar-refractivity contribution in [2.75, 3.05) is 18.4 Å². The first-order valence-electron chi connectivity index (χ1n) is 9.05. The van der Waals surface area contributed by atoms with Crippen molar-refractivity contribution in [1.82, 2.24) is 4.31 Å². The summed E-state index contributed by atoms with van der Waals surface area (Å²) in [5.74, 6) is -0.217. The van der Waals surface area contributed by atoms with E-state index in [1.165, 1.54) is 9.71 Å². The topological polar surface area (TPSA) is 66.5 Å².